The van der Waals surface area contributed by atoms with Gasteiger partial charge in [0.1, 0.15) is 0 Å². The van der Waals surface area contributed by atoms with Crippen LogP contribution in [0.15, 0.2) is 45.3 Å². The van der Waals surface area contributed by atoms with Crippen molar-refractivity contribution in [3.63, 3.8) is 0 Å². The summed E-state index contributed by atoms with van der Waals surface area (Å²) < 4.78 is 0.793. The number of carbonyl (C=O) groups excluding carboxylic acids is 1. The minimum Gasteiger partial charge on any atom is -0.478 e. The quantitative estimate of drug-likeness (QED) is 0.161. The highest BCUT2D eigenvalue weighted by Crippen LogP contribution is 2.48. The fourth-order valence-corrected chi connectivity index (χ4v) is 6.01. The summed E-state index contributed by atoms with van der Waals surface area (Å²) >= 11 is 6.88. The first-order valence-electron chi connectivity index (χ1n) is 9.63. The molecule has 0 aliphatic heterocycles. The van der Waals surface area contributed by atoms with Gasteiger partial charge in [-0.1, -0.05) is 44.0 Å². The third kappa shape index (κ3) is 2.82. The highest BCUT2D eigenvalue weighted by atomic mass is 79.9. The molecule has 10 heteroatoms. The molecule has 0 spiro atoms. The fraction of sp³-hybridized carbons (Fsp3) is 0. The van der Waals surface area contributed by atoms with Gasteiger partial charge in [0.15, 0.2) is 0 Å². The van der Waals surface area contributed by atoms with Crippen LogP contribution in [0, 0.1) is 0 Å². The van der Waals surface area contributed by atoms with Crippen molar-refractivity contribution in [2.45, 2.75) is 0 Å². The predicted molar refractivity (Wildman–Crippen MR) is 132 cm³/mol. The molecule has 5 N–H and O–H groups in total. The van der Waals surface area contributed by atoms with E-state index in [0.29, 0.717) is 41.3 Å². The van der Waals surface area contributed by atoms with Gasteiger partial charge in [-0.3, -0.25) is 4.79 Å². The van der Waals surface area contributed by atoms with Gasteiger partial charge in [-0.05, 0) is 35.0 Å². The monoisotopic (exact) mass is 583 g/mol. The lowest BCUT2D eigenvalue weighted by Gasteiger charge is -2.20. The van der Waals surface area contributed by atoms with E-state index in [9.17, 15) is 34.5 Å². The van der Waals surface area contributed by atoms with Crippen LogP contribution in [0.5, 0.6) is 0 Å². The molecule has 0 fully saturated rings. The highest BCUT2D eigenvalue weighted by Gasteiger charge is 2.27. The maximum Gasteiger partial charge on any atom is 0.336 e. The molecule has 5 rings (SSSR count). The van der Waals surface area contributed by atoms with Crippen molar-refractivity contribution in [2.24, 2.45) is 5.73 Å². The van der Waals surface area contributed by atoms with E-state index < -0.39 is 23.8 Å². The Morgan fingerprint density at radius 1 is 0.559 bits per heavy atom. The highest BCUT2D eigenvalue weighted by molar-refractivity contribution is 9.11. The molecule has 0 heterocycles. The second kappa shape index (κ2) is 7.37. The number of amides is 1. The Morgan fingerprint density at radius 2 is 0.941 bits per heavy atom. The molecule has 0 atom stereocenters. The van der Waals surface area contributed by atoms with Gasteiger partial charge in [-0.25, -0.2) is 14.4 Å². The number of halogens is 2. The number of rotatable bonds is 4. The van der Waals surface area contributed by atoms with Gasteiger partial charge in [0, 0.05) is 46.8 Å². The van der Waals surface area contributed by atoms with Crippen molar-refractivity contribution < 1.29 is 34.5 Å². The molecule has 1 amide bonds. The molecule has 0 radical (unpaired) electrons. The van der Waals surface area contributed by atoms with Gasteiger partial charge in [-0.15, -0.1) is 0 Å². The number of primary amides is 1. The first-order valence-corrected chi connectivity index (χ1v) is 11.2. The first-order chi connectivity index (χ1) is 16.0. The standard InChI is InChI=1S/C24H11Br2NO7/c25-13-5-11(21(27)28)15-9(22(29)30)3-1-7-18-14(26)6-12(24(33)34)16-10(23(31)32)4-2-8(20(16)18)17(13)19(7)15/h1-6H,(H2,27,28)(H,29,30)(H,31,32)(H,33,34). The van der Waals surface area contributed by atoms with Crippen LogP contribution >= 0.6 is 31.9 Å². The summed E-state index contributed by atoms with van der Waals surface area (Å²) in [4.78, 5) is 48.4. The molecule has 34 heavy (non-hydrogen) atoms. The lowest BCUT2D eigenvalue weighted by molar-refractivity contribution is 0.0685. The van der Waals surface area contributed by atoms with E-state index in [-0.39, 0.29) is 33.0 Å². The Labute approximate surface area is 206 Å². The summed E-state index contributed by atoms with van der Waals surface area (Å²) in [7, 11) is 0. The molecule has 168 valence electrons. The Balaban J connectivity index is 2.25. The van der Waals surface area contributed by atoms with Crippen LogP contribution in [-0.2, 0) is 0 Å². The maximum atomic E-state index is 12.3. The normalized spacial score (nSPS) is 11.6. The first kappa shape index (κ1) is 22.1. The van der Waals surface area contributed by atoms with E-state index in [1.807, 2.05) is 0 Å². The summed E-state index contributed by atoms with van der Waals surface area (Å²) in [6.45, 7) is 0. The molecule has 0 unspecified atom stereocenters. The number of carbonyl (C=O) groups is 4. The van der Waals surface area contributed by atoms with E-state index in [4.69, 9.17) is 5.73 Å². The minimum atomic E-state index is -1.30. The van der Waals surface area contributed by atoms with Gasteiger partial charge in [-0.2, -0.15) is 0 Å². The molecule has 0 aliphatic rings. The predicted octanol–water partition coefficient (Wildman–Crippen LogP) is 5.46. The summed E-state index contributed by atoms with van der Waals surface area (Å²) in [6.07, 6.45) is 0. The van der Waals surface area contributed by atoms with Crippen molar-refractivity contribution in [3.8, 4) is 0 Å². The molecule has 8 nitrogen and oxygen atoms in total. The minimum absolute atomic E-state index is 0.00463. The van der Waals surface area contributed by atoms with Crippen molar-refractivity contribution in [1.82, 2.24) is 0 Å². The van der Waals surface area contributed by atoms with Crippen molar-refractivity contribution in [1.29, 1.82) is 0 Å². The average molecular weight is 585 g/mol. The Morgan fingerprint density at radius 3 is 1.32 bits per heavy atom. The van der Waals surface area contributed by atoms with E-state index in [0.717, 1.165) is 0 Å². The second-order valence-electron chi connectivity index (χ2n) is 7.66. The zero-order valence-electron chi connectivity index (χ0n) is 16.8. The van der Waals surface area contributed by atoms with E-state index in [1.54, 1.807) is 12.1 Å². The van der Waals surface area contributed by atoms with Gasteiger partial charge >= 0.3 is 17.9 Å². The number of nitrogens with two attached hydrogens (primary N) is 1. The lowest BCUT2D eigenvalue weighted by Crippen LogP contribution is -2.14. The van der Waals surface area contributed by atoms with Crippen molar-refractivity contribution in [2.75, 3.05) is 0 Å². The van der Waals surface area contributed by atoms with Gasteiger partial charge in [0.05, 0.1) is 16.7 Å². The zero-order valence-corrected chi connectivity index (χ0v) is 19.9. The number of carboxylic acids is 3. The topological polar surface area (TPSA) is 155 Å². The molecule has 0 aromatic heterocycles. The van der Waals surface area contributed by atoms with Crippen molar-refractivity contribution >= 4 is 98.8 Å². The van der Waals surface area contributed by atoms with Crippen LogP contribution in [0.4, 0.5) is 0 Å². The third-order valence-corrected chi connectivity index (χ3v) is 7.22. The largest absolute Gasteiger partial charge is 0.478 e. The molecular formula is C24H11Br2NO7. The van der Waals surface area contributed by atoms with Crippen LogP contribution in [0.25, 0.3) is 43.1 Å². The Hall–Kier alpha value is -3.76. The number of aromatic carboxylic acids is 3. The summed E-state index contributed by atoms with van der Waals surface area (Å²) in [5.74, 6) is -4.65. The third-order valence-electron chi connectivity index (χ3n) is 5.96. The fourth-order valence-electron chi connectivity index (χ4n) is 4.73. The second-order valence-corrected chi connectivity index (χ2v) is 9.37. The van der Waals surface area contributed by atoms with Crippen LogP contribution in [0.1, 0.15) is 41.4 Å². The number of fused-ring (bicyclic) bond motifs is 2. The van der Waals surface area contributed by atoms with Crippen molar-refractivity contribution in [3.05, 3.63) is 67.6 Å². The number of hydrogen-bond donors (Lipinski definition) is 4. The smallest absolute Gasteiger partial charge is 0.336 e. The number of benzene rings is 5. The van der Waals surface area contributed by atoms with Gasteiger partial charge < -0.3 is 21.1 Å². The number of hydrogen-bond acceptors (Lipinski definition) is 4. The maximum absolute atomic E-state index is 12.3. The van der Waals surface area contributed by atoms with Crippen LogP contribution in [0.3, 0.4) is 0 Å². The summed E-state index contributed by atoms with van der Waals surface area (Å²) in [5.41, 5.74) is 5.09. The van der Waals surface area contributed by atoms with Gasteiger partial charge in [0.25, 0.3) is 0 Å². The van der Waals surface area contributed by atoms with Gasteiger partial charge in [0.2, 0.25) is 5.91 Å². The SMILES string of the molecule is NC(=O)c1cc(Br)c2c3ccc(C(=O)O)c4c(C(=O)O)cc(Br)c(c5ccc(C(=O)O)c1c52)c43. The van der Waals surface area contributed by atoms with Crippen LogP contribution < -0.4 is 5.73 Å². The molecule has 0 aliphatic carbocycles. The van der Waals surface area contributed by atoms with E-state index in [2.05, 4.69) is 31.9 Å². The molecule has 0 saturated carbocycles. The summed E-state index contributed by atoms with van der Waals surface area (Å²) in [6, 6.07) is 8.52. The van der Waals surface area contributed by atoms with E-state index >= 15 is 0 Å². The molecular weight excluding hydrogens is 574 g/mol. The molecule has 5 aromatic rings. The lowest BCUT2D eigenvalue weighted by atomic mass is 9.84. The van der Waals surface area contributed by atoms with E-state index in [1.165, 1.54) is 24.3 Å². The molecule has 5 aromatic carbocycles. The van der Waals surface area contributed by atoms with Crippen LogP contribution in [-0.4, -0.2) is 39.1 Å². The Kier molecular flexibility index (Phi) is 4.78. The number of carboxylic acid groups (broad SMARTS) is 3. The van der Waals surface area contributed by atoms with Crippen LogP contribution in [0.2, 0.25) is 0 Å². The zero-order chi connectivity index (χ0) is 24.6. The molecule has 0 saturated heterocycles. The Bertz CT molecular complexity index is 1660. The average Bonchev–Trinajstić information content (AvgIpc) is 2.77. The molecule has 0 bridgehead atoms. The summed E-state index contributed by atoms with van der Waals surface area (Å²) in [5, 5.41) is 32.5.